The summed E-state index contributed by atoms with van der Waals surface area (Å²) in [5.74, 6) is 0.381. The molecule has 0 saturated heterocycles. The quantitative estimate of drug-likeness (QED) is 0.319. The molecule has 0 aliphatic heterocycles. The summed E-state index contributed by atoms with van der Waals surface area (Å²) < 4.78 is 12.2. The fraction of sp³-hybridized carbons (Fsp3) is 0.0769. The van der Waals surface area contributed by atoms with E-state index in [1.54, 1.807) is 35.9 Å². The van der Waals surface area contributed by atoms with E-state index in [0.717, 1.165) is 16.6 Å². The van der Waals surface area contributed by atoms with Crippen LogP contribution in [-0.4, -0.2) is 27.8 Å². The molecule has 5 aromatic rings. The highest BCUT2D eigenvalue weighted by Gasteiger charge is 2.18. The molecule has 0 saturated carbocycles. The molecule has 1 amide bonds. The lowest BCUT2D eigenvalue weighted by molar-refractivity contribution is 0.0986. The second-order valence-corrected chi connectivity index (χ2v) is 7.57. The molecular formula is C26H20N4O4. The summed E-state index contributed by atoms with van der Waals surface area (Å²) in [6, 6.07) is 25.9. The van der Waals surface area contributed by atoms with Gasteiger partial charge in [0.2, 0.25) is 5.88 Å². The lowest BCUT2D eigenvalue weighted by atomic mass is 10.1. The van der Waals surface area contributed by atoms with Crippen molar-refractivity contribution in [1.82, 2.24) is 9.72 Å². The first-order chi connectivity index (χ1) is 16.6. The van der Waals surface area contributed by atoms with Gasteiger partial charge in [-0.2, -0.15) is 0 Å². The summed E-state index contributed by atoms with van der Waals surface area (Å²) in [5.41, 5.74) is 2.78. The predicted octanol–water partition coefficient (Wildman–Crippen LogP) is 5.98. The van der Waals surface area contributed by atoms with Crippen molar-refractivity contribution in [2.75, 3.05) is 7.11 Å². The Kier molecular flexibility index (Phi) is 5.61. The van der Waals surface area contributed by atoms with Crippen molar-refractivity contribution < 1.29 is 19.2 Å². The zero-order valence-electron chi connectivity index (χ0n) is 18.3. The number of hydrogen-bond donors (Lipinski definition) is 1. The lowest BCUT2D eigenvalue weighted by Crippen LogP contribution is -1.98. The lowest BCUT2D eigenvalue weighted by Gasteiger charge is -2.06. The number of amides is 1. The molecule has 0 spiro atoms. The highest BCUT2D eigenvalue weighted by Crippen LogP contribution is 2.39. The molecule has 1 N–H and O–H groups in total. The number of nitrogens with zero attached hydrogens (tertiary/aromatic N) is 4. The van der Waals surface area contributed by atoms with E-state index in [1.807, 2.05) is 54.6 Å². The Balaban J connectivity index is 1.42. The van der Waals surface area contributed by atoms with Crippen LogP contribution in [0.4, 0.5) is 5.69 Å². The summed E-state index contributed by atoms with van der Waals surface area (Å²) in [5, 5.41) is 23.3. The summed E-state index contributed by atoms with van der Waals surface area (Å²) in [4.78, 5) is 12.6. The zero-order chi connectivity index (χ0) is 23.5. The number of benzene rings is 3. The average molecular weight is 452 g/mol. The van der Waals surface area contributed by atoms with Crippen molar-refractivity contribution >= 4 is 22.5 Å². The Morgan fingerprint density at radius 3 is 2.53 bits per heavy atom. The monoisotopic (exact) mass is 452 g/mol. The second-order valence-electron chi connectivity index (χ2n) is 7.57. The fourth-order valence-corrected chi connectivity index (χ4v) is 3.71. The van der Waals surface area contributed by atoms with Crippen LogP contribution < -0.4 is 4.74 Å². The van der Waals surface area contributed by atoms with E-state index in [4.69, 9.17) is 9.26 Å². The van der Waals surface area contributed by atoms with E-state index in [2.05, 4.69) is 15.4 Å². The van der Waals surface area contributed by atoms with E-state index in [1.165, 1.54) is 6.07 Å². The second kappa shape index (κ2) is 9.03. The summed E-state index contributed by atoms with van der Waals surface area (Å²) >= 11 is 0. The van der Waals surface area contributed by atoms with Crippen molar-refractivity contribution in [3.63, 3.8) is 0 Å². The van der Waals surface area contributed by atoms with Gasteiger partial charge < -0.3 is 18.9 Å². The van der Waals surface area contributed by atoms with Crippen molar-refractivity contribution in [3.05, 3.63) is 96.2 Å². The Bertz CT molecular complexity index is 1480. The maximum atomic E-state index is 12.6. The third kappa shape index (κ3) is 4.04. The maximum absolute atomic E-state index is 12.6. The minimum atomic E-state index is -0.678. The number of aromatic hydroxyl groups is 1. The van der Waals surface area contributed by atoms with Crippen molar-refractivity contribution in [3.8, 4) is 23.0 Å². The molecule has 0 aliphatic carbocycles. The maximum Gasteiger partial charge on any atom is 0.317 e. The largest absolute Gasteiger partial charge is 0.497 e. The Morgan fingerprint density at radius 1 is 1.03 bits per heavy atom. The first-order valence-corrected chi connectivity index (χ1v) is 10.6. The number of fused-ring (bicyclic) bond motifs is 1. The molecule has 8 nitrogen and oxygen atoms in total. The van der Waals surface area contributed by atoms with Gasteiger partial charge in [-0.25, -0.2) is 0 Å². The molecule has 0 atom stereocenters. The van der Waals surface area contributed by atoms with Gasteiger partial charge in [-0.1, -0.05) is 53.7 Å². The zero-order valence-corrected chi connectivity index (χ0v) is 18.3. The molecule has 5 rings (SSSR count). The van der Waals surface area contributed by atoms with Crippen LogP contribution in [0.1, 0.15) is 16.1 Å². The molecular weight excluding hydrogens is 432 g/mol. The standard InChI is InChI=1S/C26H20N4O4/c1-33-19-13-11-18(12-14-19)23-15-21(29-34-23)25(31)28-27-24-20-9-5-6-10-22(20)30(26(24)32)16-17-7-3-2-4-8-17/h2-15,32H,16H2,1H3. The highest BCUT2D eigenvalue weighted by molar-refractivity contribution is 5.97. The van der Waals surface area contributed by atoms with Gasteiger partial charge >= 0.3 is 5.91 Å². The number of azo groups is 1. The Hall–Kier alpha value is -4.72. The van der Waals surface area contributed by atoms with Gasteiger partial charge in [0.1, 0.15) is 5.75 Å². The van der Waals surface area contributed by atoms with Gasteiger partial charge in [0.25, 0.3) is 0 Å². The van der Waals surface area contributed by atoms with E-state index in [9.17, 15) is 9.90 Å². The first kappa shape index (κ1) is 21.1. The van der Waals surface area contributed by atoms with Gasteiger partial charge in [-0.3, -0.25) is 4.79 Å². The average Bonchev–Trinajstić information content (AvgIpc) is 3.47. The first-order valence-electron chi connectivity index (χ1n) is 10.6. The number of para-hydroxylation sites is 1. The van der Waals surface area contributed by atoms with Gasteiger partial charge in [0, 0.05) is 17.0 Å². The van der Waals surface area contributed by atoms with Crippen LogP contribution in [0.15, 0.2) is 99.7 Å². The third-order valence-corrected chi connectivity index (χ3v) is 5.45. The molecule has 0 unspecified atom stereocenters. The van der Waals surface area contributed by atoms with Crippen molar-refractivity contribution in [1.29, 1.82) is 0 Å². The molecule has 0 aliphatic rings. The van der Waals surface area contributed by atoms with E-state index < -0.39 is 5.91 Å². The molecule has 0 radical (unpaired) electrons. The topological polar surface area (TPSA) is 102 Å². The molecule has 0 bridgehead atoms. The van der Waals surface area contributed by atoms with Crippen molar-refractivity contribution in [2.24, 2.45) is 10.2 Å². The van der Waals surface area contributed by atoms with Gasteiger partial charge in [0.05, 0.1) is 19.2 Å². The number of carbonyl (C=O) groups is 1. The number of carbonyl (C=O) groups excluding carboxylic acids is 1. The molecule has 2 heterocycles. The van der Waals surface area contributed by atoms with Crippen molar-refractivity contribution in [2.45, 2.75) is 6.54 Å². The number of ether oxygens (including phenoxy) is 1. The number of hydrogen-bond acceptors (Lipinski definition) is 6. The minimum absolute atomic E-state index is 0.0158. The third-order valence-electron chi connectivity index (χ3n) is 5.45. The Labute approximate surface area is 194 Å². The van der Waals surface area contributed by atoms with Crippen LogP contribution in [0, 0.1) is 0 Å². The number of methoxy groups -OCH3 is 1. The minimum Gasteiger partial charge on any atom is -0.497 e. The Morgan fingerprint density at radius 2 is 1.76 bits per heavy atom. The number of rotatable bonds is 6. The molecule has 168 valence electrons. The van der Waals surface area contributed by atoms with Crippen LogP contribution in [0.3, 0.4) is 0 Å². The molecule has 3 aromatic carbocycles. The SMILES string of the molecule is COc1ccc(-c2cc(C(=O)N=Nc3c(O)n(Cc4ccccc4)c4ccccc34)no2)cc1. The summed E-state index contributed by atoms with van der Waals surface area (Å²) in [6.07, 6.45) is 0. The predicted molar refractivity (Wildman–Crippen MR) is 126 cm³/mol. The van der Waals surface area contributed by atoms with Crippen LogP contribution in [-0.2, 0) is 6.54 Å². The summed E-state index contributed by atoms with van der Waals surface area (Å²) in [6.45, 7) is 0.450. The van der Waals surface area contributed by atoms with Gasteiger partial charge in [-0.15, -0.1) is 10.2 Å². The molecule has 0 fully saturated rings. The summed E-state index contributed by atoms with van der Waals surface area (Å²) in [7, 11) is 1.59. The molecule has 34 heavy (non-hydrogen) atoms. The van der Waals surface area contributed by atoms with E-state index >= 15 is 0 Å². The molecule has 2 aromatic heterocycles. The van der Waals surface area contributed by atoms with E-state index in [0.29, 0.717) is 23.4 Å². The van der Waals surface area contributed by atoms with Crippen LogP contribution in [0.25, 0.3) is 22.2 Å². The smallest absolute Gasteiger partial charge is 0.317 e. The van der Waals surface area contributed by atoms with Crippen LogP contribution in [0.5, 0.6) is 11.6 Å². The van der Waals surface area contributed by atoms with E-state index in [-0.39, 0.29) is 17.3 Å². The highest BCUT2D eigenvalue weighted by atomic mass is 16.5. The fourth-order valence-electron chi connectivity index (χ4n) is 3.71. The van der Waals surface area contributed by atoms with Gasteiger partial charge in [0.15, 0.2) is 17.1 Å². The normalized spacial score (nSPS) is 11.3. The number of aromatic nitrogens is 2. The molecule has 8 heteroatoms. The van der Waals surface area contributed by atoms with Gasteiger partial charge in [-0.05, 0) is 35.9 Å². The van der Waals surface area contributed by atoms with Crippen LogP contribution >= 0.6 is 0 Å². The van der Waals surface area contributed by atoms with Crippen LogP contribution in [0.2, 0.25) is 0 Å².